The third-order valence-corrected chi connectivity index (χ3v) is 2.77. The number of alkyl halides is 3. The van der Waals surface area contributed by atoms with Crippen molar-refractivity contribution in [2.75, 3.05) is 0 Å². The molecule has 5 nitrogen and oxygen atoms in total. The van der Waals surface area contributed by atoms with Crippen LogP contribution >= 0.6 is 0 Å². The maximum absolute atomic E-state index is 12.7. The number of aromatic amines is 1. The Morgan fingerprint density at radius 1 is 1.21 bits per heavy atom. The van der Waals surface area contributed by atoms with E-state index < -0.39 is 6.30 Å². The highest BCUT2D eigenvalue weighted by Gasteiger charge is 2.42. The molecular weight excluding hydrogens is 259 g/mol. The van der Waals surface area contributed by atoms with E-state index >= 15 is 0 Å². The molecule has 1 aromatic heterocycles. The number of rotatable bonds is 2. The third kappa shape index (κ3) is 2.22. The zero-order valence-corrected chi connectivity index (χ0v) is 9.65. The van der Waals surface area contributed by atoms with Crippen LogP contribution in [0.2, 0.25) is 0 Å². The largest absolute Gasteiger partial charge is 0.501 e. The standard InChI is InChI=1S/C11H10F3N5/c12-11(13,14)18-7-15-17-19(18)6-9-5-8-3-1-2-4-10(8)16-9/h1-5,7,16-17H,6H2. The smallest absolute Gasteiger partial charge is 0.357 e. The van der Waals surface area contributed by atoms with Crippen LogP contribution in [0.25, 0.3) is 10.9 Å². The number of H-pyrrole nitrogens is 1. The first-order valence-corrected chi connectivity index (χ1v) is 5.53. The minimum absolute atomic E-state index is 0.0220. The van der Waals surface area contributed by atoms with Crippen LogP contribution in [0.1, 0.15) is 5.69 Å². The van der Waals surface area contributed by atoms with Crippen LogP contribution in [-0.4, -0.2) is 27.7 Å². The van der Waals surface area contributed by atoms with E-state index in [-0.39, 0.29) is 11.6 Å². The molecule has 0 saturated carbocycles. The highest BCUT2D eigenvalue weighted by molar-refractivity contribution is 5.80. The van der Waals surface area contributed by atoms with Crippen LogP contribution in [0.5, 0.6) is 0 Å². The number of fused-ring (bicyclic) bond motifs is 1. The Morgan fingerprint density at radius 3 is 2.74 bits per heavy atom. The van der Waals surface area contributed by atoms with E-state index in [9.17, 15) is 13.2 Å². The Bertz CT molecular complexity index is 585. The van der Waals surface area contributed by atoms with Crippen LogP contribution in [-0.2, 0) is 6.54 Å². The van der Waals surface area contributed by atoms with Gasteiger partial charge in [0.2, 0.25) is 0 Å². The molecule has 0 unspecified atom stereocenters. The summed E-state index contributed by atoms with van der Waals surface area (Å²) >= 11 is 0. The topological polar surface area (TPSA) is 46.7 Å². The second kappa shape index (κ2) is 4.16. The lowest BCUT2D eigenvalue weighted by molar-refractivity contribution is -0.283. The van der Waals surface area contributed by atoms with Gasteiger partial charge in [-0.2, -0.15) is 10.1 Å². The molecule has 0 radical (unpaired) electrons. The van der Waals surface area contributed by atoms with E-state index in [0.717, 1.165) is 16.0 Å². The Kier molecular flexibility index (Phi) is 2.59. The highest BCUT2D eigenvalue weighted by atomic mass is 19.4. The maximum Gasteiger partial charge on any atom is 0.501 e. The second-order valence-corrected chi connectivity index (χ2v) is 4.10. The Morgan fingerprint density at radius 2 is 2.00 bits per heavy atom. The molecule has 0 spiro atoms. The van der Waals surface area contributed by atoms with Gasteiger partial charge in [0.05, 0.1) is 6.54 Å². The summed E-state index contributed by atoms with van der Waals surface area (Å²) in [6, 6.07) is 9.31. The minimum Gasteiger partial charge on any atom is -0.357 e. The molecule has 8 heteroatoms. The summed E-state index contributed by atoms with van der Waals surface area (Å²) in [5.74, 6) is 0. The van der Waals surface area contributed by atoms with Gasteiger partial charge in [-0.1, -0.05) is 18.2 Å². The van der Waals surface area contributed by atoms with Gasteiger partial charge in [0.25, 0.3) is 0 Å². The highest BCUT2D eigenvalue weighted by Crippen LogP contribution is 2.24. The molecule has 2 heterocycles. The summed E-state index contributed by atoms with van der Waals surface area (Å²) in [6.45, 7) is 0.0220. The van der Waals surface area contributed by atoms with Crippen LogP contribution in [0.3, 0.4) is 0 Å². The van der Waals surface area contributed by atoms with Crippen molar-refractivity contribution in [3.05, 3.63) is 36.0 Å². The van der Waals surface area contributed by atoms with Crippen molar-refractivity contribution in [3.63, 3.8) is 0 Å². The first-order valence-electron chi connectivity index (χ1n) is 5.53. The van der Waals surface area contributed by atoms with Crippen molar-refractivity contribution < 1.29 is 13.2 Å². The van der Waals surface area contributed by atoms with Crippen LogP contribution < -0.4 is 5.53 Å². The molecule has 3 rings (SSSR count). The second-order valence-electron chi connectivity index (χ2n) is 4.10. The molecule has 0 bridgehead atoms. The Hall–Kier alpha value is -2.22. The molecule has 1 aromatic carbocycles. The van der Waals surface area contributed by atoms with Gasteiger partial charge in [0, 0.05) is 11.2 Å². The van der Waals surface area contributed by atoms with Crippen LogP contribution in [0.15, 0.2) is 35.4 Å². The predicted molar refractivity (Wildman–Crippen MR) is 63.4 cm³/mol. The molecule has 19 heavy (non-hydrogen) atoms. The number of halogens is 3. The van der Waals surface area contributed by atoms with Gasteiger partial charge in [-0.15, -0.1) is 18.3 Å². The van der Waals surface area contributed by atoms with Crippen molar-refractivity contribution in [2.45, 2.75) is 12.8 Å². The summed E-state index contributed by atoms with van der Waals surface area (Å²) in [5.41, 5.74) is 3.84. The number of hydrazone groups is 1. The zero-order chi connectivity index (χ0) is 13.5. The quantitative estimate of drug-likeness (QED) is 0.821. The molecule has 2 N–H and O–H groups in total. The lowest BCUT2D eigenvalue weighted by atomic mass is 10.2. The molecular formula is C11H10F3N5. The monoisotopic (exact) mass is 269 g/mol. The molecule has 0 amide bonds. The molecule has 1 aliphatic rings. The Labute approximate surface area is 106 Å². The fraction of sp³-hybridized carbons (Fsp3) is 0.182. The fourth-order valence-electron chi connectivity index (χ4n) is 1.95. The van der Waals surface area contributed by atoms with Gasteiger partial charge in [0.15, 0.2) is 0 Å². The van der Waals surface area contributed by atoms with Gasteiger partial charge in [-0.05, 0) is 17.5 Å². The van der Waals surface area contributed by atoms with Crippen LogP contribution in [0.4, 0.5) is 13.2 Å². The number of benzene rings is 1. The van der Waals surface area contributed by atoms with Crippen molar-refractivity contribution in [3.8, 4) is 0 Å². The molecule has 2 aromatic rings. The molecule has 0 atom stereocenters. The molecule has 0 aliphatic carbocycles. The third-order valence-electron chi connectivity index (χ3n) is 2.77. The van der Waals surface area contributed by atoms with Gasteiger partial charge >= 0.3 is 6.30 Å². The van der Waals surface area contributed by atoms with Crippen molar-refractivity contribution in [1.29, 1.82) is 0 Å². The van der Waals surface area contributed by atoms with Crippen molar-refractivity contribution >= 4 is 17.2 Å². The number of nitrogens with one attached hydrogen (secondary N) is 2. The van der Waals surface area contributed by atoms with E-state index in [0.29, 0.717) is 12.0 Å². The van der Waals surface area contributed by atoms with E-state index in [1.807, 2.05) is 30.3 Å². The summed E-state index contributed by atoms with van der Waals surface area (Å²) in [7, 11) is 0. The number of hydrogen-bond donors (Lipinski definition) is 2. The summed E-state index contributed by atoms with van der Waals surface area (Å²) in [5, 5.41) is 5.34. The summed E-state index contributed by atoms with van der Waals surface area (Å²) in [4.78, 5) is 3.06. The average molecular weight is 269 g/mol. The first kappa shape index (κ1) is 11.8. The summed E-state index contributed by atoms with van der Waals surface area (Å²) < 4.78 is 38.0. The number of nitrogens with zero attached hydrogens (tertiary/aromatic N) is 3. The number of aromatic nitrogens is 1. The summed E-state index contributed by atoms with van der Waals surface area (Å²) in [6.07, 6.45) is -3.80. The van der Waals surface area contributed by atoms with Crippen molar-refractivity contribution in [2.24, 2.45) is 5.10 Å². The zero-order valence-electron chi connectivity index (χ0n) is 9.65. The van der Waals surface area contributed by atoms with Gasteiger partial charge in [-0.25, -0.2) is 5.53 Å². The van der Waals surface area contributed by atoms with E-state index in [1.54, 1.807) is 0 Å². The van der Waals surface area contributed by atoms with Crippen LogP contribution in [0, 0.1) is 0 Å². The molecule has 100 valence electrons. The molecule has 1 aliphatic heterocycles. The van der Waals surface area contributed by atoms with Gasteiger partial charge in [-0.3, -0.25) is 0 Å². The molecule has 0 fully saturated rings. The van der Waals surface area contributed by atoms with E-state index in [1.165, 1.54) is 0 Å². The predicted octanol–water partition coefficient (Wildman–Crippen LogP) is 2.17. The number of para-hydroxylation sites is 1. The van der Waals surface area contributed by atoms with E-state index in [4.69, 9.17) is 0 Å². The van der Waals surface area contributed by atoms with Gasteiger partial charge < -0.3 is 4.98 Å². The van der Waals surface area contributed by atoms with Gasteiger partial charge in [0.1, 0.15) is 6.34 Å². The number of hydrazine groups is 2. The molecule has 0 saturated heterocycles. The first-order chi connectivity index (χ1) is 9.04. The maximum atomic E-state index is 12.7. The number of hydrogen-bond acceptors (Lipinski definition) is 4. The average Bonchev–Trinajstić information content (AvgIpc) is 2.93. The lowest BCUT2D eigenvalue weighted by Gasteiger charge is -2.27. The van der Waals surface area contributed by atoms with Crippen molar-refractivity contribution in [1.82, 2.24) is 20.6 Å². The Balaban J connectivity index is 1.81. The van der Waals surface area contributed by atoms with E-state index in [2.05, 4.69) is 15.6 Å². The minimum atomic E-state index is -4.50. The normalized spacial score (nSPS) is 16.3. The lowest BCUT2D eigenvalue weighted by Crippen LogP contribution is -2.49. The fourth-order valence-corrected chi connectivity index (χ4v) is 1.95. The SMILES string of the molecule is FC(F)(F)N1C=NNN1Cc1cc2ccccc2[nH]1.